The zero-order valence-electron chi connectivity index (χ0n) is 15.6. The Morgan fingerprint density at radius 2 is 1.87 bits per heavy atom. The first kappa shape index (κ1) is 20.2. The fraction of sp³-hybridized carbons (Fsp3) is 0.0952. The number of aromatic nitrogens is 3. The van der Waals surface area contributed by atoms with Crippen LogP contribution in [0.5, 0.6) is 0 Å². The lowest BCUT2D eigenvalue weighted by Crippen LogP contribution is -2.15. The predicted molar refractivity (Wildman–Crippen MR) is 114 cm³/mol. The number of benzene rings is 2. The molecule has 4 rings (SSSR count). The molecule has 0 bridgehead atoms. The summed E-state index contributed by atoms with van der Waals surface area (Å²) in [4.78, 5) is 13.4. The van der Waals surface area contributed by atoms with E-state index < -0.39 is 11.6 Å². The van der Waals surface area contributed by atoms with E-state index in [1.165, 1.54) is 17.8 Å². The maximum absolute atomic E-state index is 13.3. The number of amides is 1. The Labute approximate surface area is 179 Å². The molecule has 0 fully saturated rings. The second kappa shape index (κ2) is 9.19. The minimum Gasteiger partial charge on any atom is -0.325 e. The lowest BCUT2D eigenvalue weighted by molar-refractivity contribution is -0.113. The highest BCUT2D eigenvalue weighted by Gasteiger charge is 2.17. The van der Waals surface area contributed by atoms with Crippen LogP contribution < -0.4 is 5.32 Å². The number of thiophene rings is 1. The monoisotopic (exact) mass is 442 g/mol. The molecule has 4 aromatic rings. The summed E-state index contributed by atoms with van der Waals surface area (Å²) < 4.78 is 28.3. The molecule has 0 saturated heterocycles. The van der Waals surface area contributed by atoms with Crippen molar-refractivity contribution in [1.82, 2.24) is 14.8 Å². The van der Waals surface area contributed by atoms with Crippen LogP contribution in [-0.4, -0.2) is 26.4 Å². The number of hydrogen-bond acceptors (Lipinski definition) is 5. The van der Waals surface area contributed by atoms with Gasteiger partial charge in [-0.2, -0.15) is 0 Å². The van der Waals surface area contributed by atoms with Gasteiger partial charge in [0.05, 0.1) is 5.75 Å². The van der Waals surface area contributed by atoms with Gasteiger partial charge in [0, 0.05) is 28.7 Å². The van der Waals surface area contributed by atoms with E-state index >= 15 is 0 Å². The van der Waals surface area contributed by atoms with E-state index in [1.807, 2.05) is 52.4 Å². The summed E-state index contributed by atoms with van der Waals surface area (Å²) in [5.41, 5.74) is 1.10. The summed E-state index contributed by atoms with van der Waals surface area (Å²) in [6.07, 6.45) is 0.626. The molecule has 1 amide bonds. The molecule has 0 aliphatic carbocycles. The maximum Gasteiger partial charge on any atom is 0.234 e. The van der Waals surface area contributed by atoms with Gasteiger partial charge < -0.3 is 5.32 Å². The van der Waals surface area contributed by atoms with Crippen molar-refractivity contribution in [2.45, 2.75) is 11.6 Å². The van der Waals surface area contributed by atoms with Crippen molar-refractivity contribution in [1.29, 1.82) is 0 Å². The van der Waals surface area contributed by atoms with Crippen molar-refractivity contribution in [2.24, 2.45) is 0 Å². The van der Waals surface area contributed by atoms with Crippen LogP contribution in [0.15, 0.2) is 71.2 Å². The van der Waals surface area contributed by atoms with Gasteiger partial charge in [0.15, 0.2) is 16.8 Å². The summed E-state index contributed by atoms with van der Waals surface area (Å²) in [5, 5.41) is 13.7. The molecule has 2 heterocycles. The van der Waals surface area contributed by atoms with Gasteiger partial charge in [-0.1, -0.05) is 36.0 Å². The third-order valence-electron chi connectivity index (χ3n) is 4.16. The molecule has 30 heavy (non-hydrogen) atoms. The van der Waals surface area contributed by atoms with E-state index in [9.17, 15) is 13.6 Å². The molecule has 5 nitrogen and oxygen atoms in total. The Hall–Kier alpha value is -3.04. The summed E-state index contributed by atoms with van der Waals surface area (Å²) >= 11 is 2.87. The SMILES string of the molecule is O=C(CSc1nnc(Cc2cccs2)n1-c1ccccc1)Nc1ccc(F)c(F)c1. The molecule has 0 aliphatic heterocycles. The van der Waals surface area contributed by atoms with Gasteiger partial charge in [0.2, 0.25) is 5.91 Å². The van der Waals surface area contributed by atoms with E-state index in [-0.39, 0.29) is 17.3 Å². The van der Waals surface area contributed by atoms with E-state index in [4.69, 9.17) is 0 Å². The zero-order valence-corrected chi connectivity index (χ0v) is 17.2. The fourth-order valence-electron chi connectivity index (χ4n) is 2.81. The van der Waals surface area contributed by atoms with Crippen molar-refractivity contribution in [3.05, 3.63) is 88.4 Å². The molecule has 0 saturated carbocycles. The van der Waals surface area contributed by atoms with Gasteiger partial charge in [-0.05, 0) is 35.7 Å². The average Bonchev–Trinajstić information content (AvgIpc) is 3.40. The topological polar surface area (TPSA) is 59.8 Å². The first-order valence-electron chi connectivity index (χ1n) is 9.00. The van der Waals surface area contributed by atoms with Gasteiger partial charge >= 0.3 is 0 Å². The predicted octanol–water partition coefficient (Wildman–Crippen LogP) is 4.93. The normalized spacial score (nSPS) is 10.9. The van der Waals surface area contributed by atoms with Crippen LogP contribution in [0.3, 0.4) is 0 Å². The summed E-state index contributed by atoms with van der Waals surface area (Å²) in [7, 11) is 0. The average molecular weight is 443 g/mol. The lowest BCUT2D eigenvalue weighted by Gasteiger charge is -2.10. The molecule has 152 valence electrons. The Morgan fingerprint density at radius 3 is 2.60 bits per heavy atom. The highest BCUT2D eigenvalue weighted by Crippen LogP contribution is 2.25. The van der Waals surface area contributed by atoms with Crippen LogP contribution in [0.25, 0.3) is 5.69 Å². The Balaban J connectivity index is 1.51. The molecule has 9 heteroatoms. The van der Waals surface area contributed by atoms with Crippen molar-refractivity contribution in [2.75, 3.05) is 11.1 Å². The van der Waals surface area contributed by atoms with Crippen molar-refractivity contribution in [3.63, 3.8) is 0 Å². The second-order valence-electron chi connectivity index (χ2n) is 6.29. The summed E-state index contributed by atoms with van der Waals surface area (Å²) in [6.45, 7) is 0. The highest BCUT2D eigenvalue weighted by atomic mass is 32.2. The number of nitrogens with one attached hydrogen (secondary N) is 1. The van der Waals surface area contributed by atoms with Crippen molar-refractivity contribution < 1.29 is 13.6 Å². The number of anilines is 1. The first-order valence-corrected chi connectivity index (χ1v) is 10.9. The fourth-order valence-corrected chi connectivity index (χ4v) is 4.29. The highest BCUT2D eigenvalue weighted by molar-refractivity contribution is 7.99. The van der Waals surface area contributed by atoms with Crippen LogP contribution in [0.2, 0.25) is 0 Å². The van der Waals surface area contributed by atoms with Gasteiger partial charge in [-0.25, -0.2) is 8.78 Å². The molecule has 0 spiro atoms. The summed E-state index contributed by atoms with van der Waals surface area (Å²) in [5.74, 6) is -1.51. The molecule has 0 aliphatic rings. The van der Waals surface area contributed by atoms with E-state index in [0.29, 0.717) is 11.6 Å². The lowest BCUT2D eigenvalue weighted by atomic mass is 10.3. The number of halogens is 2. The quantitative estimate of drug-likeness (QED) is 0.413. The van der Waals surface area contributed by atoms with Crippen LogP contribution in [-0.2, 0) is 11.2 Å². The minimum atomic E-state index is -1.01. The van der Waals surface area contributed by atoms with E-state index in [2.05, 4.69) is 15.5 Å². The van der Waals surface area contributed by atoms with Crippen LogP contribution in [0.1, 0.15) is 10.7 Å². The maximum atomic E-state index is 13.3. The minimum absolute atomic E-state index is 0.0446. The number of para-hydroxylation sites is 1. The number of nitrogens with zero attached hydrogens (tertiary/aromatic N) is 3. The summed E-state index contributed by atoms with van der Waals surface area (Å²) in [6, 6.07) is 16.9. The largest absolute Gasteiger partial charge is 0.325 e. The third-order valence-corrected chi connectivity index (χ3v) is 5.97. The number of carbonyl (C=O) groups excluding carboxylic acids is 1. The second-order valence-corrected chi connectivity index (χ2v) is 8.27. The number of rotatable bonds is 7. The molecule has 2 aromatic heterocycles. The molecular weight excluding hydrogens is 426 g/mol. The van der Waals surface area contributed by atoms with Gasteiger partial charge in [-0.3, -0.25) is 9.36 Å². The molecule has 0 atom stereocenters. The Kier molecular flexibility index (Phi) is 6.20. The van der Waals surface area contributed by atoms with Crippen LogP contribution in [0, 0.1) is 11.6 Å². The van der Waals surface area contributed by atoms with Gasteiger partial charge in [-0.15, -0.1) is 21.5 Å². The number of hydrogen-bond donors (Lipinski definition) is 1. The van der Waals surface area contributed by atoms with E-state index in [0.717, 1.165) is 28.5 Å². The third kappa shape index (κ3) is 4.74. The molecule has 0 radical (unpaired) electrons. The molecular formula is C21H16F2N4OS2. The van der Waals surface area contributed by atoms with Crippen molar-refractivity contribution in [3.8, 4) is 5.69 Å². The Bertz CT molecular complexity index is 1150. The number of thioether (sulfide) groups is 1. The van der Waals surface area contributed by atoms with Gasteiger partial charge in [0.1, 0.15) is 5.82 Å². The van der Waals surface area contributed by atoms with Crippen molar-refractivity contribution >= 4 is 34.7 Å². The number of carbonyl (C=O) groups is 1. The molecule has 0 unspecified atom stereocenters. The smallest absolute Gasteiger partial charge is 0.234 e. The van der Waals surface area contributed by atoms with Crippen LogP contribution >= 0.6 is 23.1 Å². The zero-order chi connectivity index (χ0) is 20.9. The molecule has 2 aromatic carbocycles. The van der Waals surface area contributed by atoms with E-state index in [1.54, 1.807) is 11.3 Å². The van der Waals surface area contributed by atoms with Crippen LogP contribution in [0.4, 0.5) is 14.5 Å². The first-order chi connectivity index (χ1) is 14.6. The van der Waals surface area contributed by atoms with Gasteiger partial charge in [0.25, 0.3) is 0 Å². The molecule has 1 N–H and O–H groups in total. The standard InChI is InChI=1S/C21H16F2N4OS2/c22-17-9-8-14(11-18(17)23)24-20(28)13-30-21-26-25-19(12-16-7-4-10-29-16)27(21)15-5-2-1-3-6-15/h1-11H,12-13H2,(H,24,28). The Morgan fingerprint density at radius 1 is 1.03 bits per heavy atom.